The zero-order chi connectivity index (χ0) is 12.1. The van der Waals surface area contributed by atoms with Gasteiger partial charge in [-0.05, 0) is 20.8 Å². The quantitative estimate of drug-likeness (QED) is 0.512. The van der Waals surface area contributed by atoms with Gasteiger partial charge in [0.25, 0.3) is 0 Å². The monoisotopic (exact) mass is 214 g/mol. The standard InChI is InChI=1S/C9H14N2O4/c1-9(2,3)15-8(13)6(11)7(12)14-5-4-10/h6H,5,11H2,1-3H3. The van der Waals surface area contributed by atoms with Gasteiger partial charge in [0.05, 0.1) is 0 Å². The molecule has 0 fully saturated rings. The molecule has 0 rings (SSSR count). The average Bonchev–Trinajstić information content (AvgIpc) is 2.10. The molecule has 0 aromatic heterocycles. The van der Waals surface area contributed by atoms with Crippen molar-refractivity contribution in [1.29, 1.82) is 5.26 Å². The third-order valence-electron chi connectivity index (χ3n) is 1.19. The maximum Gasteiger partial charge on any atom is 0.335 e. The maximum atomic E-state index is 11.2. The third kappa shape index (κ3) is 5.65. The molecule has 0 aliphatic rings. The number of esters is 2. The minimum atomic E-state index is -1.50. The van der Waals surface area contributed by atoms with E-state index in [0.717, 1.165) is 0 Å². The summed E-state index contributed by atoms with van der Waals surface area (Å²) in [6, 6.07) is 0.0877. The Hall–Kier alpha value is -1.61. The molecule has 0 amide bonds. The van der Waals surface area contributed by atoms with Crippen molar-refractivity contribution in [3.05, 3.63) is 0 Å². The number of carbonyl (C=O) groups is 2. The van der Waals surface area contributed by atoms with Crippen LogP contribution in [0.4, 0.5) is 0 Å². The summed E-state index contributed by atoms with van der Waals surface area (Å²) >= 11 is 0. The van der Waals surface area contributed by atoms with Crippen LogP contribution in [0, 0.1) is 11.3 Å². The van der Waals surface area contributed by atoms with Gasteiger partial charge in [0, 0.05) is 0 Å². The number of ether oxygens (including phenoxy) is 2. The fraction of sp³-hybridized carbons (Fsp3) is 0.667. The van der Waals surface area contributed by atoms with Gasteiger partial charge < -0.3 is 15.2 Å². The second-order valence-corrected chi connectivity index (χ2v) is 3.78. The Kier molecular flexibility index (Phi) is 4.74. The van der Waals surface area contributed by atoms with Crippen molar-refractivity contribution in [3.8, 4) is 6.07 Å². The van der Waals surface area contributed by atoms with E-state index in [-0.39, 0.29) is 0 Å². The predicted octanol–water partition coefficient (Wildman–Crippen LogP) is -0.278. The summed E-state index contributed by atoms with van der Waals surface area (Å²) in [5.74, 6) is -1.84. The van der Waals surface area contributed by atoms with Crippen LogP contribution in [0.3, 0.4) is 0 Å². The van der Waals surface area contributed by atoms with Crippen molar-refractivity contribution in [2.45, 2.75) is 32.4 Å². The maximum absolute atomic E-state index is 11.2. The van der Waals surface area contributed by atoms with Crippen molar-refractivity contribution in [2.24, 2.45) is 5.73 Å². The van der Waals surface area contributed by atoms with Crippen LogP contribution in [-0.4, -0.2) is 30.2 Å². The minimum Gasteiger partial charge on any atom is -0.458 e. The molecule has 6 heteroatoms. The highest BCUT2D eigenvalue weighted by atomic mass is 16.6. The summed E-state index contributed by atoms with van der Waals surface area (Å²) in [5, 5.41) is 8.14. The summed E-state index contributed by atoms with van der Waals surface area (Å²) in [6.07, 6.45) is 0. The first-order valence-electron chi connectivity index (χ1n) is 4.30. The fourth-order valence-corrected chi connectivity index (χ4v) is 0.655. The number of nitrogens with zero attached hydrogens (tertiary/aromatic N) is 1. The number of nitriles is 1. The van der Waals surface area contributed by atoms with Crippen LogP contribution < -0.4 is 5.73 Å². The van der Waals surface area contributed by atoms with Crippen LogP contribution in [0.15, 0.2) is 0 Å². The van der Waals surface area contributed by atoms with Gasteiger partial charge in [0.2, 0.25) is 6.04 Å². The number of hydrogen-bond acceptors (Lipinski definition) is 6. The van der Waals surface area contributed by atoms with E-state index in [2.05, 4.69) is 4.74 Å². The summed E-state index contributed by atoms with van der Waals surface area (Å²) in [4.78, 5) is 22.3. The summed E-state index contributed by atoms with van der Waals surface area (Å²) in [7, 11) is 0. The Bertz CT molecular complexity index is 287. The molecule has 2 N–H and O–H groups in total. The highest BCUT2D eigenvalue weighted by Crippen LogP contribution is 2.08. The van der Waals surface area contributed by atoms with Gasteiger partial charge in [-0.2, -0.15) is 5.26 Å². The van der Waals surface area contributed by atoms with E-state index in [0.29, 0.717) is 0 Å². The molecule has 0 aromatic carbocycles. The summed E-state index contributed by atoms with van der Waals surface area (Å²) in [5.41, 5.74) is 4.53. The molecule has 0 spiro atoms. The number of hydrogen-bond donors (Lipinski definition) is 1. The van der Waals surface area contributed by atoms with Crippen LogP contribution in [0.25, 0.3) is 0 Å². The van der Waals surface area contributed by atoms with Crippen LogP contribution in [0.5, 0.6) is 0 Å². The molecule has 0 heterocycles. The Morgan fingerprint density at radius 3 is 2.33 bits per heavy atom. The van der Waals surface area contributed by atoms with E-state index in [1.807, 2.05) is 0 Å². The third-order valence-corrected chi connectivity index (χ3v) is 1.19. The molecule has 1 unspecified atom stereocenters. The van der Waals surface area contributed by atoms with Gasteiger partial charge in [0.1, 0.15) is 11.7 Å². The highest BCUT2D eigenvalue weighted by Gasteiger charge is 2.28. The number of carbonyl (C=O) groups excluding carboxylic acids is 2. The van der Waals surface area contributed by atoms with Crippen LogP contribution in [0.2, 0.25) is 0 Å². The smallest absolute Gasteiger partial charge is 0.335 e. The van der Waals surface area contributed by atoms with E-state index < -0.39 is 30.2 Å². The molecule has 0 aliphatic carbocycles. The molecule has 0 aromatic rings. The van der Waals surface area contributed by atoms with E-state index in [4.69, 9.17) is 15.7 Å². The first-order chi connectivity index (χ1) is 6.78. The normalized spacial score (nSPS) is 12.5. The molecule has 0 radical (unpaired) electrons. The summed E-state index contributed by atoms with van der Waals surface area (Å²) < 4.78 is 9.22. The van der Waals surface area contributed by atoms with Gasteiger partial charge in [0.15, 0.2) is 6.61 Å². The average molecular weight is 214 g/mol. The second kappa shape index (κ2) is 5.32. The van der Waals surface area contributed by atoms with Gasteiger partial charge in [-0.15, -0.1) is 0 Å². The molecule has 6 nitrogen and oxygen atoms in total. The first-order valence-corrected chi connectivity index (χ1v) is 4.30. The molecule has 0 saturated carbocycles. The molecule has 15 heavy (non-hydrogen) atoms. The Balaban J connectivity index is 4.21. The SMILES string of the molecule is CC(C)(C)OC(=O)C(N)C(=O)OCC#N. The molecular formula is C9H14N2O4. The molecule has 0 saturated heterocycles. The second-order valence-electron chi connectivity index (χ2n) is 3.78. The lowest BCUT2D eigenvalue weighted by molar-refractivity contribution is -0.163. The van der Waals surface area contributed by atoms with E-state index in [9.17, 15) is 9.59 Å². The van der Waals surface area contributed by atoms with Gasteiger partial charge in [-0.1, -0.05) is 0 Å². The van der Waals surface area contributed by atoms with E-state index in [1.165, 1.54) is 0 Å². The molecular weight excluding hydrogens is 200 g/mol. The first kappa shape index (κ1) is 13.4. The zero-order valence-electron chi connectivity index (χ0n) is 8.94. The van der Waals surface area contributed by atoms with Crippen molar-refractivity contribution in [2.75, 3.05) is 6.61 Å². The van der Waals surface area contributed by atoms with E-state index in [1.54, 1.807) is 26.8 Å². The minimum absolute atomic E-state index is 0.435. The van der Waals surface area contributed by atoms with Crippen LogP contribution in [-0.2, 0) is 19.1 Å². The lowest BCUT2D eigenvalue weighted by atomic mass is 10.2. The van der Waals surface area contributed by atoms with Crippen LogP contribution >= 0.6 is 0 Å². The van der Waals surface area contributed by atoms with Gasteiger partial charge in [-0.3, -0.25) is 0 Å². The zero-order valence-corrected chi connectivity index (χ0v) is 8.94. The van der Waals surface area contributed by atoms with Gasteiger partial charge >= 0.3 is 11.9 Å². The summed E-state index contributed by atoms with van der Waals surface area (Å²) in [6.45, 7) is 4.52. The lowest BCUT2D eigenvalue weighted by Gasteiger charge is -2.21. The number of nitrogens with two attached hydrogens (primary N) is 1. The molecule has 0 bridgehead atoms. The van der Waals surface area contributed by atoms with Crippen molar-refractivity contribution in [1.82, 2.24) is 0 Å². The number of rotatable bonds is 3. The van der Waals surface area contributed by atoms with Crippen molar-refractivity contribution in [3.63, 3.8) is 0 Å². The van der Waals surface area contributed by atoms with Crippen LogP contribution in [0.1, 0.15) is 20.8 Å². The molecule has 1 atom stereocenters. The van der Waals surface area contributed by atoms with Crippen molar-refractivity contribution < 1.29 is 19.1 Å². The molecule has 0 aliphatic heterocycles. The Morgan fingerprint density at radius 2 is 1.93 bits per heavy atom. The largest absolute Gasteiger partial charge is 0.458 e. The fourth-order valence-electron chi connectivity index (χ4n) is 0.655. The van der Waals surface area contributed by atoms with Gasteiger partial charge in [-0.25, -0.2) is 9.59 Å². The lowest BCUT2D eigenvalue weighted by Crippen LogP contribution is -2.44. The topological polar surface area (TPSA) is 102 Å². The van der Waals surface area contributed by atoms with E-state index >= 15 is 0 Å². The predicted molar refractivity (Wildman–Crippen MR) is 50.4 cm³/mol. The molecule has 84 valence electrons. The Morgan fingerprint density at radius 1 is 1.40 bits per heavy atom. The Labute approximate surface area is 87.9 Å². The highest BCUT2D eigenvalue weighted by molar-refractivity contribution is 5.99. The van der Waals surface area contributed by atoms with Crippen molar-refractivity contribution >= 4 is 11.9 Å².